The van der Waals surface area contributed by atoms with Gasteiger partial charge in [0.15, 0.2) is 0 Å². The van der Waals surface area contributed by atoms with Crippen LogP contribution < -0.4 is 0 Å². The second-order valence-electron chi connectivity index (χ2n) is 5.07. The molecule has 0 bridgehead atoms. The summed E-state index contributed by atoms with van der Waals surface area (Å²) >= 11 is 5.47. The van der Waals surface area contributed by atoms with Gasteiger partial charge in [0.1, 0.15) is 16.5 Å². The normalized spacial score (nSPS) is 13.8. The predicted molar refractivity (Wildman–Crippen MR) is 86.9 cm³/mol. The van der Waals surface area contributed by atoms with Crippen molar-refractivity contribution in [1.29, 1.82) is 0 Å². The smallest absolute Gasteiger partial charge is 0.204 e. The minimum atomic E-state index is -1.20. The van der Waals surface area contributed by atoms with Crippen molar-refractivity contribution in [1.82, 2.24) is 4.57 Å². The molecule has 1 aromatic carbocycles. The number of nitrogens with zero attached hydrogens (tertiary/aromatic N) is 1. The molecule has 0 fully saturated rings. The maximum atomic E-state index is 9.99. The Bertz CT molecular complexity index is 740. The van der Waals surface area contributed by atoms with Gasteiger partial charge < -0.3 is 24.6 Å². The zero-order chi connectivity index (χ0) is 16.3. The van der Waals surface area contributed by atoms with E-state index >= 15 is 0 Å². The molecule has 0 saturated carbocycles. The van der Waals surface area contributed by atoms with Gasteiger partial charge in [0.05, 0.1) is 13.2 Å². The van der Waals surface area contributed by atoms with E-state index in [1.807, 2.05) is 31.2 Å². The topological polar surface area (TPSA) is 74.8 Å². The SMILES string of the molecule is C=C(CO)O[C@H](C(O)CO)n1ccc2cc(C)ccc2c1=S. The Morgan fingerprint density at radius 1 is 1.36 bits per heavy atom. The lowest BCUT2D eigenvalue weighted by atomic mass is 10.1. The van der Waals surface area contributed by atoms with E-state index in [0.29, 0.717) is 4.64 Å². The van der Waals surface area contributed by atoms with Crippen molar-refractivity contribution in [3.63, 3.8) is 0 Å². The summed E-state index contributed by atoms with van der Waals surface area (Å²) in [7, 11) is 0. The summed E-state index contributed by atoms with van der Waals surface area (Å²) in [6.07, 6.45) is -0.459. The third-order valence-electron chi connectivity index (χ3n) is 3.34. The van der Waals surface area contributed by atoms with Gasteiger partial charge in [-0.3, -0.25) is 0 Å². The van der Waals surface area contributed by atoms with Crippen LogP contribution in [0.25, 0.3) is 10.8 Å². The Morgan fingerprint density at radius 2 is 2.09 bits per heavy atom. The molecule has 0 aliphatic carbocycles. The van der Waals surface area contributed by atoms with Crippen molar-refractivity contribution in [2.75, 3.05) is 13.2 Å². The molecule has 22 heavy (non-hydrogen) atoms. The van der Waals surface area contributed by atoms with E-state index in [1.165, 1.54) is 0 Å². The number of pyridine rings is 1. The van der Waals surface area contributed by atoms with Crippen LogP contribution in [0.5, 0.6) is 0 Å². The Kier molecular flexibility index (Phi) is 5.31. The van der Waals surface area contributed by atoms with Crippen molar-refractivity contribution in [3.8, 4) is 0 Å². The molecule has 6 heteroatoms. The maximum Gasteiger partial charge on any atom is 0.204 e. The van der Waals surface area contributed by atoms with Crippen LogP contribution in [0.2, 0.25) is 0 Å². The highest BCUT2D eigenvalue weighted by Crippen LogP contribution is 2.23. The molecule has 0 saturated heterocycles. The lowest BCUT2D eigenvalue weighted by molar-refractivity contribution is -0.0770. The van der Waals surface area contributed by atoms with Crippen LogP contribution in [0.3, 0.4) is 0 Å². The van der Waals surface area contributed by atoms with Crippen molar-refractivity contribution in [2.45, 2.75) is 19.3 Å². The number of aromatic nitrogens is 1. The molecule has 2 rings (SSSR count). The number of aryl methyl sites for hydroxylation is 1. The third kappa shape index (κ3) is 3.36. The van der Waals surface area contributed by atoms with E-state index in [9.17, 15) is 10.2 Å². The molecule has 0 aliphatic rings. The summed E-state index contributed by atoms with van der Waals surface area (Å²) in [5.74, 6) is 0.0865. The molecular weight excluding hydrogens is 302 g/mol. The van der Waals surface area contributed by atoms with E-state index in [0.717, 1.165) is 16.3 Å². The van der Waals surface area contributed by atoms with Crippen molar-refractivity contribution < 1.29 is 20.1 Å². The molecule has 118 valence electrons. The van der Waals surface area contributed by atoms with Crippen LogP contribution in [-0.4, -0.2) is 39.2 Å². The van der Waals surface area contributed by atoms with Crippen LogP contribution in [0.4, 0.5) is 0 Å². The van der Waals surface area contributed by atoms with Crippen LogP contribution >= 0.6 is 12.2 Å². The van der Waals surface area contributed by atoms with Crippen LogP contribution in [0.15, 0.2) is 42.8 Å². The Hall–Kier alpha value is -1.73. The maximum absolute atomic E-state index is 9.99. The number of hydrogen-bond acceptors (Lipinski definition) is 5. The first-order valence-corrected chi connectivity index (χ1v) is 7.24. The number of hydrogen-bond donors (Lipinski definition) is 3. The summed E-state index contributed by atoms with van der Waals surface area (Å²) in [5.41, 5.74) is 1.12. The quantitative estimate of drug-likeness (QED) is 0.561. The molecule has 0 aliphatic heterocycles. The van der Waals surface area contributed by atoms with Gasteiger partial charge in [-0.15, -0.1) is 0 Å². The summed E-state index contributed by atoms with van der Waals surface area (Å²) in [4.78, 5) is 0. The van der Waals surface area contributed by atoms with Crippen molar-refractivity contribution in [2.24, 2.45) is 0 Å². The van der Waals surface area contributed by atoms with Crippen LogP contribution in [-0.2, 0) is 4.74 Å². The first kappa shape index (κ1) is 16.6. The zero-order valence-electron chi connectivity index (χ0n) is 12.3. The number of rotatable bonds is 6. The first-order valence-electron chi connectivity index (χ1n) is 6.83. The molecule has 1 aromatic heterocycles. The van der Waals surface area contributed by atoms with E-state index in [-0.39, 0.29) is 12.4 Å². The summed E-state index contributed by atoms with van der Waals surface area (Å²) < 4.78 is 7.46. The lowest BCUT2D eigenvalue weighted by Gasteiger charge is -2.26. The molecule has 3 N–H and O–H groups in total. The van der Waals surface area contributed by atoms with Gasteiger partial charge in [0.2, 0.25) is 6.23 Å². The molecule has 0 amide bonds. The number of benzene rings is 1. The Balaban J connectivity index is 2.54. The van der Waals surface area contributed by atoms with Crippen LogP contribution in [0.1, 0.15) is 11.8 Å². The van der Waals surface area contributed by atoms with Gasteiger partial charge in [0, 0.05) is 11.6 Å². The largest absolute Gasteiger partial charge is 0.470 e. The molecule has 2 aromatic rings. The average Bonchev–Trinajstić information content (AvgIpc) is 2.52. The van der Waals surface area contributed by atoms with E-state index in [4.69, 9.17) is 22.1 Å². The van der Waals surface area contributed by atoms with Crippen molar-refractivity contribution in [3.05, 3.63) is 53.0 Å². The second-order valence-corrected chi connectivity index (χ2v) is 5.46. The molecule has 0 radical (unpaired) electrons. The van der Waals surface area contributed by atoms with E-state index in [1.54, 1.807) is 10.8 Å². The molecule has 1 heterocycles. The molecular formula is C16H19NO4S. The number of ether oxygens (including phenoxy) is 1. The van der Waals surface area contributed by atoms with E-state index in [2.05, 4.69) is 6.58 Å². The summed E-state index contributed by atoms with van der Waals surface area (Å²) in [5, 5.41) is 30.1. The lowest BCUT2D eigenvalue weighted by Crippen LogP contribution is -2.30. The Labute approximate surface area is 133 Å². The van der Waals surface area contributed by atoms with Gasteiger partial charge in [-0.25, -0.2) is 0 Å². The summed E-state index contributed by atoms with van der Waals surface area (Å²) in [6, 6.07) is 7.74. The van der Waals surface area contributed by atoms with Gasteiger partial charge in [-0.05, 0) is 18.4 Å². The number of aliphatic hydroxyl groups excluding tert-OH is 3. The minimum absolute atomic E-state index is 0.0865. The monoisotopic (exact) mass is 321 g/mol. The highest BCUT2D eigenvalue weighted by Gasteiger charge is 2.23. The van der Waals surface area contributed by atoms with Gasteiger partial charge in [-0.2, -0.15) is 0 Å². The van der Waals surface area contributed by atoms with Gasteiger partial charge in [0.25, 0.3) is 0 Å². The molecule has 0 spiro atoms. The fourth-order valence-electron chi connectivity index (χ4n) is 2.20. The highest BCUT2D eigenvalue weighted by atomic mass is 32.1. The zero-order valence-corrected chi connectivity index (χ0v) is 13.1. The Morgan fingerprint density at radius 3 is 2.73 bits per heavy atom. The molecule has 2 atom stereocenters. The molecule has 5 nitrogen and oxygen atoms in total. The highest BCUT2D eigenvalue weighted by molar-refractivity contribution is 7.71. The molecule has 1 unspecified atom stereocenters. The van der Waals surface area contributed by atoms with Gasteiger partial charge in [-0.1, -0.05) is 42.6 Å². The first-order chi connectivity index (χ1) is 10.5. The average molecular weight is 321 g/mol. The fraction of sp³-hybridized carbons (Fsp3) is 0.312. The fourth-order valence-corrected chi connectivity index (χ4v) is 2.55. The number of fused-ring (bicyclic) bond motifs is 1. The standard InChI is InChI=1S/C16H19NO4S/c1-10-3-4-13-12(7-10)5-6-17(16(13)22)15(14(20)9-19)21-11(2)8-18/h3-7,14-15,18-20H,2,8-9H2,1H3/t14?,15-/m1/s1. The summed E-state index contributed by atoms with van der Waals surface area (Å²) in [6.45, 7) is 4.66. The van der Waals surface area contributed by atoms with E-state index < -0.39 is 18.9 Å². The van der Waals surface area contributed by atoms with Gasteiger partial charge >= 0.3 is 0 Å². The number of aliphatic hydroxyl groups is 3. The predicted octanol–water partition coefficient (Wildman–Crippen LogP) is 2.05. The van der Waals surface area contributed by atoms with Crippen molar-refractivity contribution >= 4 is 23.0 Å². The minimum Gasteiger partial charge on any atom is -0.470 e. The van der Waals surface area contributed by atoms with Crippen LogP contribution in [0, 0.1) is 11.6 Å². The third-order valence-corrected chi connectivity index (χ3v) is 3.77. The second kappa shape index (κ2) is 7.02.